The molecular weight excluding hydrogens is 350 g/mol. The van der Waals surface area contributed by atoms with Crippen LogP contribution in [0.3, 0.4) is 0 Å². The van der Waals surface area contributed by atoms with Crippen LogP contribution in [0.2, 0.25) is 5.02 Å². The van der Waals surface area contributed by atoms with Gasteiger partial charge in [0.15, 0.2) is 0 Å². The average Bonchev–Trinajstić information content (AvgIpc) is 2.68. The number of hydrogen-bond acceptors (Lipinski definition) is 4. The van der Waals surface area contributed by atoms with Crippen LogP contribution in [0.25, 0.3) is 11.1 Å². The van der Waals surface area contributed by atoms with Crippen LogP contribution in [-0.2, 0) is 4.74 Å². The van der Waals surface area contributed by atoms with Crippen LogP contribution in [0.5, 0.6) is 5.75 Å². The van der Waals surface area contributed by atoms with Gasteiger partial charge in [0.1, 0.15) is 11.4 Å². The maximum absolute atomic E-state index is 12.0. The molecule has 1 aromatic heterocycles. The summed E-state index contributed by atoms with van der Waals surface area (Å²) < 4.78 is 10.6. The lowest BCUT2D eigenvalue weighted by Crippen LogP contribution is -2.09. The van der Waals surface area contributed by atoms with Crippen molar-refractivity contribution in [1.82, 2.24) is 4.98 Å². The highest BCUT2D eigenvalue weighted by Crippen LogP contribution is 2.41. The third kappa shape index (κ3) is 3.91. The van der Waals surface area contributed by atoms with Crippen LogP contribution in [-0.4, -0.2) is 24.7 Å². The summed E-state index contributed by atoms with van der Waals surface area (Å²) in [4.78, 5) is 16.6. The van der Waals surface area contributed by atoms with Crippen LogP contribution >= 0.6 is 11.6 Å². The first-order valence-corrected chi connectivity index (χ1v) is 9.22. The molecule has 1 aliphatic carbocycles. The summed E-state index contributed by atoms with van der Waals surface area (Å²) in [5.41, 5.74) is 4.47. The van der Waals surface area contributed by atoms with E-state index in [-0.39, 0.29) is 0 Å². The molecule has 0 aliphatic heterocycles. The van der Waals surface area contributed by atoms with Crippen LogP contribution in [0.1, 0.15) is 54.4 Å². The summed E-state index contributed by atoms with van der Waals surface area (Å²) in [5.74, 6) is 0.401. The molecule has 0 radical (unpaired) electrons. The van der Waals surface area contributed by atoms with Gasteiger partial charge >= 0.3 is 5.97 Å². The third-order valence-corrected chi connectivity index (χ3v) is 4.73. The highest BCUT2D eigenvalue weighted by molar-refractivity contribution is 6.30. The quantitative estimate of drug-likeness (QED) is 0.660. The summed E-state index contributed by atoms with van der Waals surface area (Å²) in [6.45, 7) is 2.12. The monoisotopic (exact) mass is 371 g/mol. The number of hydrogen-bond donors (Lipinski definition) is 0. The number of halogens is 1. The Hall–Kier alpha value is -2.33. The van der Waals surface area contributed by atoms with Crippen molar-refractivity contribution < 1.29 is 14.3 Å². The molecule has 0 bridgehead atoms. The number of ether oxygens (including phenoxy) is 2. The van der Waals surface area contributed by atoms with Crippen molar-refractivity contribution in [2.75, 3.05) is 13.7 Å². The molecular formula is C21H22ClNO3. The zero-order valence-electron chi connectivity index (χ0n) is 15.0. The van der Waals surface area contributed by atoms with Gasteiger partial charge in [0.2, 0.25) is 0 Å². The van der Waals surface area contributed by atoms with Gasteiger partial charge in [-0.25, -0.2) is 9.78 Å². The van der Waals surface area contributed by atoms with Crippen molar-refractivity contribution >= 4 is 28.7 Å². The minimum Gasteiger partial charge on any atom is -0.496 e. The van der Waals surface area contributed by atoms with Crippen molar-refractivity contribution in [2.45, 2.75) is 32.6 Å². The van der Waals surface area contributed by atoms with E-state index in [1.807, 2.05) is 30.3 Å². The highest BCUT2D eigenvalue weighted by Gasteiger charge is 2.21. The molecule has 0 saturated carbocycles. The molecule has 3 rings (SSSR count). The SMILES string of the molecule is CCOC(=O)c1cccc(C2=C(c3cc(Cl)ccc3OC)CCCC2)n1. The average molecular weight is 372 g/mol. The van der Waals surface area contributed by atoms with Crippen molar-refractivity contribution in [3.8, 4) is 5.75 Å². The van der Waals surface area contributed by atoms with Gasteiger partial charge < -0.3 is 9.47 Å². The number of rotatable bonds is 5. The van der Waals surface area contributed by atoms with E-state index in [0.717, 1.165) is 48.3 Å². The first-order valence-electron chi connectivity index (χ1n) is 8.84. The number of nitrogens with zero attached hydrogens (tertiary/aromatic N) is 1. The second kappa shape index (κ2) is 8.37. The van der Waals surface area contributed by atoms with Crippen LogP contribution < -0.4 is 4.74 Å². The molecule has 0 N–H and O–H groups in total. The van der Waals surface area contributed by atoms with E-state index >= 15 is 0 Å². The molecule has 0 fully saturated rings. The number of benzene rings is 1. The molecule has 1 aliphatic rings. The topological polar surface area (TPSA) is 48.4 Å². The number of pyridine rings is 1. The fourth-order valence-electron chi connectivity index (χ4n) is 3.32. The number of carbonyl (C=O) groups is 1. The predicted molar refractivity (Wildman–Crippen MR) is 103 cm³/mol. The first kappa shape index (κ1) is 18.5. The van der Waals surface area contributed by atoms with Gasteiger partial charge in [-0.3, -0.25) is 0 Å². The lowest BCUT2D eigenvalue weighted by molar-refractivity contribution is 0.0519. The molecule has 136 valence electrons. The fraction of sp³-hybridized carbons (Fsp3) is 0.333. The zero-order chi connectivity index (χ0) is 18.5. The Kier molecular flexibility index (Phi) is 5.94. The predicted octanol–water partition coefficient (Wildman–Crippen LogP) is 5.41. The maximum Gasteiger partial charge on any atom is 0.356 e. The van der Waals surface area contributed by atoms with Gasteiger partial charge in [-0.1, -0.05) is 17.7 Å². The van der Waals surface area contributed by atoms with Crippen molar-refractivity contribution in [2.24, 2.45) is 0 Å². The van der Waals surface area contributed by atoms with E-state index in [4.69, 9.17) is 21.1 Å². The van der Waals surface area contributed by atoms with Gasteiger partial charge in [0, 0.05) is 10.6 Å². The van der Waals surface area contributed by atoms with Crippen molar-refractivity contribution in [1.29, 1.82) is 0 Å². The largest absolute Gasteiger partial charge is 0.496 e. The van der Waals surface area contributed by atoms with Gasteiger partial charge in [-0.2, -0.15) is 0 Å². The normalized spacial score (nSPS) is 14.3. The highest BCUT2D eigenvalue weighted by atomic mass is 35.5. The summed E-state index contributed by atoms with van der Waals surface area (Å²) >= 11 is 6.23. The van der Waals surface area contributed by atoms with E-state index in [1.54, 1.807) is 20.1 Å². The van der Waals surface area contributed by atoms with E-state index in [1.165, 1.54) is 5.57 Å². The summed E-state index contributed by atoms with van der Waals surface area (Å²) in [6.07, 6.45) is 4.03. The van der Waals surface area contributed by atoms with E-state index < -0.39 is 5.97 Å². The van der Waals surface area contributed by atoms with E-state index in [0.29, 0.717) is 17.3 Å². The molecule has 1 heterocycles. The molecule has 0 saturated heterocycles. The van der Waals surface area contributed by atoms with Crippen LogP contribution in [0.15, 0.2) is 36.4 Å². The fourth-order valence-corrected chi connectivity index (χ4v) is 3.49. The summed E-state index contributed by atoms with van der Waals surface area (Å²) in [7, 11) is 1.66. The standard InChI is InChI=1S/C21H22ClNO3/c1-3-26-21(24)19-10-6-9-18(23-19)16-8-5-4-7-15(16)17-13-14(22)11-12-20(17)25-2/h6,9-13H,3-5,7-8H2,1-2H3. The Bertz CT molecular complexity index is 845. The molecule has 26 heavy (non-hydrogen) atoms. The Labute approximate surface area is 158 Å². The maximum atomic E-state index is 12.0. The van der Waals surface area contributed by atoms with Crippen molar-refractivity contribution in [3.05, 3.63) is 58.4 Å². The minimum absolute atomic E-state index is 0.332. The second-order valence-electron chi connectivity index (χ2n) is 6.14. The number of carbonyl (C=O) groups excluding carboxylic acids is 1. The molecule has 1 aromatic carbocycles. The third-order valence-electron chi connectivity index (χ3n) is 4.50. The van der Waals surface area contributed by atoms with Crippen LogP contribution in [0.4, 0.5) is 0 Å². The zero-order valence-corrected chi connectivity index (χ0v) is 15.8. The molecule has 4 nitrogen and oxygen atoms in total. The smallest absolute Gasteiger partial charge is 0.356 e. The van der Waals surface area contributed by atoms with Gasteiger partial charge in [0.25, 0.3) is 0 Å². The molecule has 2 aromatic rings. The Balaban J connectivity index is 2.10. The Morgan fingerprint density at radius 2 is 1.92 bits per heavy atom. The summed E-state index contributed by atoms with van der Waals surface area (Å²) in [6, 6.07) is 11.1. The van der Waals surface area contributed by atoms with E-state index in [2.05, 4.69) is 4.98 Å². The molecule has 0 atom stereocenters. The Morgan fingerprint density at radius 3 is 2.65 bits per heavy atom. The number of methoxy groups -OCH3 is 1. The number of allylic oxidation sites excluding steroid dienone is 2. The lowest BCUT2D eigenvalue weighted by Gasteiger charge is -2.22. The van der Waals surface area contributed by atoms with E-state index in [9.17, 15) is 4.79 Å². The first-order chi connectivity index (χ1) is 12.6. The molecule has 0 spiro atoms. The molecule has 5 heteroatoms. The van der Waals surface area contributed by atoms with Gasteiger partial charge in [-0.05, 0) is 74.1 Å². The van der Waals surface area contributed by atoms with Gasteiger partial charge in [-0.15, -0.1) is 0 Å². The second-order valence-corrected chi connectivity index (χ2v) is 6.57. The van der Waals surface area contributed by atoms with Crippen LogP contribution in [0, 0.1) is 0 Å². The molecule has 0 amide bonds. The minimum atomic E-state index is -0.396. The Morgan fingerprint density at radius 1 is 1.15 bits per heavy atom. The molecule has 0 unspecified atom stereocenters. The number of esters is 1. The lowest BCUT2D eigenvalue weighted by atomic mass is 9.85. The van der Waals surface area contributed by atoms with Crippen molar-refractivity contribution in [3.63, 3.8) is 0 Å². The number of aromatic nitrogens is 1. The van der Waals surface area contributed by atoms with Gasteiger partial charge in [0.05, 0.1) is 19.4 Å². The summed E-state index contributed by atoms with van der Waals surface area (Å²) in [5, 5.41) is 0.673.